The van der Waals surface area contributed by atoms with Gasteiger partial charge in [-0.2, -0.15) is 11.3 Å². The fraction of sp³-hybridized carbons (Fsp3) is 0.286. The van der Waals surface area contributed by atoms with Gasteiger partial charge >= 0.3 is 0 Å². The third-order valence-corrected chi connectivity index (χ3v) is 3.93. The molecule has 0 atom stereocenters. The van der Waals surface area contributed by atoms with Gasteiger partial charge in [0.25, 0.3) is 0 Å². The second kappa shape index (κ2) is 4.61. The van der Waals surface area contributed by atoms with Gasteiger partial charge in [0, 0.05) is 18.3 Å². The van der Waals surface area contributed by atoms with E-state index in [1.54, 1.807) is 23.5 Å². The first kappa shape index (κ1) is 11.5. The normalized spacial score (nSPS) is 14.7. The number of hydrogen-bond acceptors (Lipinski definition) is 3. The van der Waals surface area contributed by atoms with E-state index in [-0.39, 0.29) is 5.82 Å². The van der Waals surface area contributed by atoms with Crippen molar-refractivity contribution in [2.75, 3.05) is 10.6 Å². The van der Waals surface area contributed by atoms with Crippen molar-refractivity contribution in [2.45, 2.75) is 25.4 Å². The van der Waals surface area contributed by atoms with Gasteiger partial charge < -0.3 is 10.6 Å². The van der Waals surface area contributed by atoms with E-state index in [9.17, 15) is 4.39 Å². The molecule has 0 aliphatic heterocycles. The van der Waals surface area contributed by atoms with Crippen LogP contribution in [0, 0.1) is 5.82 Å². The molecule has 1 aromatic heterocycles. The van der Waals surface area contributed by atoms with Gasteiger partial charge in [-0.3, -0.25) is 0 Å². The van der Waals surface area contributed by atoms with E-state index in [1.807, 2.05) is 0 Å². The quantitative estimate of drug-likeness (QED) is 0.852. The minimum Gasteiger partial charge on any atom is -0.399 e. The van der Waals surface area contributed by atoms with Gasteiger partial charge in [-0.1, -0.05) is 0 Å². The SMILES string of the molecule is Nc1ccc(N(Cc2ccsc2)C2CC2)c(F)c1. The summed E-state index contributed by atoms with van der Waals surface area (Å²) in [7, 11) is 0. The zero-order valence-electron chi connectivity index (χ0n) is 9.97. The molecule has 1 aliphatic rings. The molecule has 4 heteroatoms. The van der Waals surface area contributed by atoms with Crippen LogP contribution in [0.15, 0.2) is 35.0 Å². The Bertz CT molecular complexity index is 535. The summed E-state index contributed by atoms with van der Waals surface area (Å²) in [6.07, 6.45) is 2.29. The van der Waals surface area contributed by atoms with E-state index in [2.05, 4.69) is 21.7 Å². The summed E-state index contributed by atoms with van der Waals surface area (Å²) in [6.45, 7) is 0.773. The third kappa shape index (κ3) is 2.34. The summed E-state index contributed by atoms with van der Waals surface area (Å²) >= 11 is 1.68. The average molecular weight is 262 g/mol. The number of anilines is 2. The summed E-state index contributed by atoms with van der Waals surface area (Å²) in [5, 5.41) is 4.17. The van der Waals surface area contributed by atoms with Crippen LogP contribution in [0.25, 0.3) is 0 Å². The van der Waals surface area contributed by atoms with Crippen LogP contribution in [0.5, 0.6) is 0 Å². The van der Waals surface area contributed by atoms with Crippen LogP contribution in [0.3, 0.4) is 0 Å². The lowest BCUT2D eigenvalue weighted by Gasteiger charge is -2.25. The lowest BCUT2D eigenvalue weighted by molar-refractivity contribution is 0.615. The Labute approximate surface area is 110 Å². The monoisotopic (exact) mass is 262 g/mol. The number of nitrogens with two attached hydrogens (primary N) is 1. The average Bonchev–Trinajstić information content (AvgIpc) is 3.05. The van der Waals surface area contributed by atoms with Gasteiger partial charge in [0.15, 0.2) is 0 Å². The highest BCUT2D eigenvalue weighted by atomic mass is 32.1. The molecule has 0 radical (unpaired) electrons. The third-order valence-electron chi connectivity index (χ3n) is 3.20. The van der Waals surface area contributed by atoms with Gasteiger partial charge in [-0.25, -0.2) is 4.39 Å². The molecule has 3 rings (SSSR count). The molecule has 0 bridgehead atoms. The Morgan fingerprint density at radius 1 is 1.33 bits per heavy atom. The molecule has 2 aromatic rings. The molecule has 0 amide bonds. The molecule has 2 nitrogen and oxygen atoms in total. The summed E-state index contributed by atoms with van der Waals surface area (Å²) in [5.41, 5.74) is 7.98. The first-order valence-corrected chi connectivity index (χ1v) is 7.01. The maximum Gasteiger partial charge on any atom is 0.148 e. The van der Waals surface area contributed by atoms with Crippen LogP contribution >= 0.6 is 11.3 Å². The molecular formula is C14H15FN2S. The number of hydrogen-bond donors (Lipinski definition) is 1. The lowest BCUT2D eigenvalue weighted by atomic mass is 10.2. The van der Waals surface area contributed by atoms with Crippen molar-refractivity contribution in [3.05, 3.63) is 46.4 Å². The Kier molecular flexibility index (Phi) is 2.96. The summed E-state index contributed by atoms with van der Waals surface area (Å²) < 4.78 is 14.0. The molecule has 0 spiro atoms. The van der Waals surface area contributed by atoms with E-state index in [1.165, 1.54) is 11.6 Å². The van der Waals surface area contributed by atoms with Crippen molar-refractivity contribution in [1.29, 1.82) is 0 Å². The molecule has 1 fully saturated rings. The predicted octanol–water partition coefficient (Wildman–Crippen LogP) is 3.64. The molecule has 1 aliphatic carbocycles. The van der Waals surface area contributed by atoms with Crippen LogP contribution in [0.2, 0.25) is 0 Å². The Hall–Kier alpha value is -1.55. The number of thiophene rings is 1. The van der Waals surface area contributed by atoms with Crippen molar-refractivity contribution in [3.63, 3.8) is 0 Å². The van der Waals surface area contributed by atoms with Gasteiger partial charge in [0.05, 0.1) is 5.69 Å². The van der Waals surface area contributed by atoms with Crippen molar-refractivity contribution in [2.24, 2.45) is 0 Å². The Morgan fingerprint density at radius 2 is 2.17 bits per heavy atom. The smallest absolute Gasteiger partial charge is 0.148 e. The molecule has 0 unspecified atom stereocenters. The van der Waals surface area contributed by atoms with Gasteiger partial charge in [0.1, 0.15) is 5.82 Å². The molecule has 1 aromatic carbocycles. The van der Waals surface area contributed by atoms with E-state index in [4.69, 9.17) is 5.73 Å². The topological polar surface area (TPSA) is 29.3 Å². The first-order chi connectivity index (χ1) is 8.74. The van der Waals surface area contributed by atoms with Crippen molar-refractivity contribution >= 4 is 22.7 Å². The van der Waals surface area contributed by atoms with Crippen LogP contribution in [0.1, 0.15) is 18.4 Å². The zero-order valence-corrected chi connectivity index (χ0v) is 10.8. The molecular weight excluding hydrogens is 247 g/mol. The summed E-state index contributed by atoms with van der Waals surface area (Å²) in [5.74, 6) is -0.225. The molecule has 1 heterocycles. The number of nitrogens with zero attached hydrogens (tertiary/aromatic N) is 1. The van der Waals surface area contributed by atoms with Crippen LogP contribution in [-0.4, -0.2) is 6.04 Å². The number of benzene rings is 1. The maximum absolute atomic E-state index is 14.0. The van der Waals surface area contributed by atoms with E-state index in [0.717, 1.165) is 19.4 Å². The number of nitrogen functional groups attached to an aromatic ring is 1. The fourth-order valence-corrected chi connectivity index (χ4v) is 2.79. The van der Waals surface area contributed by atoms with Crippen molar-refractivity contribution < 1.29 is 4.39 Å². The van der Waals surface area contributed by atoms with Crippen LogP contribution in [0.4, 0.5) is 15.8 Å². The van der Waals surface area contributed by atoms with Crippen LogP contribution < -0.4 is 10.6 Å². The van der Waals surface area contributed by atoms with Crippen molar-refractivity contribution in [1.82, 2.24) is 0 Å². The maximum atomic E-state index is 14.0. The van der Waals surface area contributed by atoms with Crippen LogP contribution in [-0.2, 0) is 6.54 Å². The lowest BCUT2D eigenvalue weighted by Crippen LogP contribution is -2.25. The summed E-state index contributed by atoms with van der Waals surface area (Å²) in [4.78, 5) is 2.15. The Morgan fingerprint density at radius 3 is 2.78 bits per heavy atom. The Balaban J connectivity index is 1.89. The first-order valence-electron chi connectivity index (χ1n) is 6.07. The molecule has 0 saturated heterocycles. The highest BCUT2D eigenvalue weighted by Crippen LogP contribution is 2.35. The van der Waals surface area contributed by atoms with E-state index >= 15 is 0 Å². The zero-order chi connectivity index (χ0) is 12.5. The highest BCUT2D eigenvalue weighted by molar-refractivity contribution is 7.07. The second-order valence-electron chi connectivity index (χ2n) is 4.70. The second-order valence-corrected chi connectivity index (χ2v) is 5.48. The predicted molar refractivity (Wildman–Crippen MR) is 74.3 cm³/mol. The minimum absolute atomic E-state index is 0.225. The highest BCUT2D eigenvalue weighted by Gasteiger charge is 2.30. The van der Waals surface area contributed by atoms with Gasteiger partial charge in [-0.15, -0.1) is 0 Å². The van der Waals surface area contributed by atoms with E-state index in [0.29, 0.717) is 17.4 Å². The van der Waals surface area contributed by atoms with Gasteiger partial charge in [-0.05, 0) is 53.4 Å². The van der Waals surface area contributed by atoms with E-state index < -0.39 is 0 Å². The molecule has 2 N–H and O–H groups in total. The number of rotatable bonds is 4. The standard InChI is InChI=1S/C14H15FN2S/c15-13-7-11(16)1-4-14(13)17(12-2-3-12)8-10-5-6-18-9-10/h1,4-7,9,12H,2-3,8,16H2. The molecule has 18 heavy (non-hydrogen) atoms. The summed E-state index contributed by atoms with van der Waals surface area (Å²) in [6, 6.07) is 7.52. The van der Waals surface area contributed by atoms with Gasteiger partial charge in [0.2, 0.25) is 0 Å². The number of halogens is 1. The molecule has 94 valence electrons. The minimum atomic E-state index is -0.225. The van der Waals surface area contributed by atoms with Crippen molar-refractivity contribution in [3.8, 4) is 0 Å². The molecule has 1 saturated carbocycles. The largest absolute Gasteiger partial charge is 0.399 e. The fourth-order valence-electron chi connectivity index (χ4n) is 2.13.